The van der Waals surface area contributed by atoms with Crippen LogP contribution in [0.3, 0.4) is 0 Å². The molecule has 2 N–H and O–H groups in total. The van der Waals surface area contributed by atoms with Crippen LogP contribution in [0.4, 0.5) is 0 Å². The summed E-state index contributed by atoms with van der Waals surface area (Å²) < 4.78 is 0. The molecule has 0 bridgehead atoms. The Labute approximate surface area is 159 Å². The van der Waals surface area contributed by atoms with Gasteiger partial charge in [-0.1, -0.05) is 42.5 Å². The number of para-hydroxylation sites is 1. The lowest BCUT2D eigenvalue weighted by Crippen LogP contribution is -2.60. The van der Waals surface area contributed by atoms with Crippen LogP contribution in [0.1, 0.15) is 22.3 Å². The number of hydrogen-bond donors (Lipinski definition) is 2. The molecule has 1 aromatic heterocycles. The van der Waals surface area contributed by atoms with Crippen molar-refractivity contribution in [2.45, 2.75) is 18.1 Å². The van der Waals surface area contributed by atoms with Gasteiger partial charge >= 0.3 is 0 Å². The van der Waals surface area contributed by atoms with Gasteiger partial charge in [-0.05, 0) is 38.2 Å². The third-order valence-electron chi connectivity index (χ3n) is 5.71. The van der Waals surface area contributed by atoms with E-state index in [0.29, 0.717) is 25.1 Å². The molecule has 2 atom stereocenters. The number of nitrogens with one attached hydrogen (secondary N) is 1. The number of H-pyrrole nitrogens is 1. The van der Waals surface area contributed by atoms with E-state index in [9.17, 15) is 9.90 Å². The van der Waals surface area contributed by atoms with E-state index in [1.54, 1.807) is 0 Å². The Balaban J connectivity index is 1.64. The smallest absolute Gasteiger partial charge is 0.256 e. The number of likely N-dealkylation sites (N-methyl/N-ethyl adjacent to an activating group) is 1. The molecule has 3 aromatic rings. The quantitative estimate of drug-likeness (QED) is 0.752. The summed E-state index contributed by atoms with van der Waals surface area (Å²) in [6.45, 7) is 1.000. The highest BCUT2D eigenvalue weighted by Gasteiger charge is 2.45. The summed E-state index contributed by atoms with van der Waals surface area (Å²) in [5, 5.41) is 12.5. The summed E-state index contributed by atoms with van der Waals surface area (Å²) in [6.07, 6.45) is 2.36. The van der Waals surface area contributed by atoms with Crippen molar-refractivity contribution in [1.82, 2.24) is 14.8 Å². The molecule has 2 aromatic carbocycles. The maximum absolute atomic E-state index is 13.2. The molecule has 1 aliphatic heterocycles. The van der Waals surface area contributed by atoms with E-state index in [4.69, 9.17) is 0 Å². The first-order chi connectivity index (χ1) is 13.0. The molecule has 0 radical (unpaired) electrons. The molecule has 4 rings (SSSR count). The largest absolute Gasteiger partial charge is 0.383 e. The molecular weight excluding hydrogens is 338 g/mol. The van der Waals surface area contributed by atoms with Gasteiger partial charge in [-0.15, -0.1) is 0 Å². The van der Waals surface area contributed by atoms with Gasteiger partial charge in [-0.2, -0.15) is 0 Å². The molecule has 1 fully saturated rings. The molecule has 140 valence electrons. The lowest BCUT2D eigenvalue weighted by Gasteiger charge is -2.47. The first-order valence-corrected chi connectivity index (χ1v) is 9.30. The van der Waals surface area contributed by atoms with Crippen molar-refractivity contribution < 1.29 is 9.90 Å². The first kappa shape index (κ1) is 17.8. The predicted octanol–water partition coefficient (Wildman–Crippen LogP) is 2.83. The number of likely N-dealkylation sites (tertiary alicyclic amines) is 1. The molecule has 5 heteroatoms. The molecule has 0 aliphatic carbocycles. The van der Waals surface area contributed by atoms with Crippen LogP contribution in [0, 0.1) is 0 Å². The SMILES string of the molecule is CN(C)[C@@H]1CN(C(=O)c2cccc3cc[nH]c23)CC[C@]1(O)c1ccccc1. The van der Waals surface area contributed by atoms with Gasteiger partial charge in [0.25, 0.3) is 5.91 Å². The van der Waals surface area contributed by atoms with Crippen molar-refractivity contribution in [1.29, 1.82) is 0 Å². The highest BCUT2D eigenvalue weighted by molar-refractivity contribution is 6.05. The number of aromatic amines is 1. The van der Waals surface area contributed by atoms with E-state index in [0.717, 1.165) is 16.5 Å². The number of aromatic nitrogens is 1. The minimum absolute atomic E-state index is 0.00464. The number of aliphatic hydroxyl groups is 1. The topological polar surface area (TPSA) is 59.6 Å². The zero-order chi connectivity index (χ0) is 19.0. The number of nitrogens with zero attached hydrogens (tertiary/aromatic N) is 2. The van der Waals surface area contributed by atoms with Gasteiger partial charge in [0.15, 0.2) is 0 Å². The molecule has 2 heterocycles. The second kappa shape index (κ2) is 6.83. The second-order valence-electron chi connectivity index (χ2n) is 7.52. The summed E-state index contributed by atoms with van der Waals surface area (Å²) in [5.74, 6) is 0.00464. The Hall–Kier alpha value is -2.63. The second-order valence-corrected chi connectivity index (χ2v) is 7.52. The Kier molecular flexibility index (Phi) is 4.50. The molecule has 0 unspecified atom stereocenters. The number of benzene rings is 2. The average Bonchev–Trinajstić information content (AvgIpc) is 3.17. The zero-order valence-electron chi connectivity index (χ0n) is 15.7. The number of carbonyl (C=O) groups excluding carboxylic acids is 1. The third-order valence-corrected chi connectivity index (χ3v) is 5.71. The highest BCUT2D eigenvalue weighted by atomic mass is 16.3. The molecule has 27 heavy (non-hydrogen) atoms. The van der Waals surface area contributed by atoms with Crippen LogP contribution in [-0.4, -0.2) is 59.0 Å². The van der Waals surface area contributed by atoms with Crippen molar-refractivity contribution in [3.63, 3.8) is 0 Å². The van der Waals surface area contributed by atoms with Crippen LogP contribution in [0.25, 0.3) is 10.9 Å². The molecular formula is C22H25N3O2. The summed E-state index contributed by atoms with van der Waals surface area (Å²) in [6, 6.07) is 17.3. The Morgan fingerprint density at radius 2 is 1.93 bits per heavy atom. The van der Waals surface area contributed by atoms with Gasteiger partial charge in [0.1, 0.15) is 5.60 Å². The van der Waals surface area contributed by atoms with Gasteiger partial charge in [0.2, 0.25) is 0 Å². The predicted molar refractivity (Wildman–Crippen MR) is 107 cm³/mol. The van der Waals surface area contributed by atoms with E-state index in [1.807, 2.05) is 84.7 Å². The minimum atomic E-state index is -0.972. The average molecular weight is 363 g/mol. The molecule has 1 amide bonds. The summed E-state index contributed by atoms with van der Waals surface area (Å²) in [7, 11) is 3.91. The van der Waals surface area contributed by atoms with Gasteiger partial charge in [-0.3, -0.25) is 4.79 Å². The molecule has 0 saturated carbocycles. The van der Waals surface area contributed by atoms with Gasteiger partial charge < -0.3 is 19.9 Å². The van der Waals surface area contributed by atoms with Gasteiger partial charge in [0, 0.05) is 24.7 Å². The fraction of sp³-hybridized carbons (Fsp3) is 0.318. The third kappa shape index (κ3) is 3.03. The Morgan fingerprint density at radius 3 is 2.67 bits per heavy atom. The standard InChI is InChI=1S/C22H25N3O2/c1-24(2)19-15-25(14-12-22(19,27)17-8-4-3-5-9-17)21(26)18-10-6-7-16-11-13-23-20(16)18/h3-11,13,19,23,27H,12,14-15H2,1-2H3/t19-,22+/m1/s1. The van der Waals surface area contributed by atoms with Crippen LogP contribution in [0.5, 0.6) is 0 Å². The summed E-state index contributed by atoms with van der Waals surface area (Å²) >= 11 is 0. The molecule has 1 aliphatic rings. The lowest BCUT2D eigenvalue weighted by atomic mass is 9.79. The summed E-state index contributed by atoms with van der Waals surface area (Å²) in [4.78, 5) is 20.3. The van der Waals surface area contributed by atoms with Crippen LogP contribution in [-0.2, 0) is 5.60 Å². The van der Waals surface area contributed by atoms with E-state index in [2.05, 4.69) is 4.98 Å². The van der Waals surface area contributed by atoms with Crippen LogP contribution in [0.2, 0.25) is 0 Å². The van der Waals surface area contributed by atoms with Crippen LogP contribution < -0.4 is 0 Å². The van der Waals surface area contributed by atoms with E-state index in [1.165, 1.54) is 0 Å². The fourth-order valence-electron chi connectivity index (χ4n) is 4.19. The highest BCUT2D eigenvalue weighted by Crippen LogP contribution is 2.36. The Bertz CT molecular complexity index is 950. The maximum Gasteiger partial charge on any atom is 0.256 e. The number of piperidine rings is 1. The minimum Gasteiger partial charge on any atom is -0.383 e. The van der Waals surface area contributed by atoms with Crippen LogP contribution in [0.15, 0.2) is 60.8 Å². The maximum atomic E-state index is 13.2. The Morgan fingerprint density at radius 1 is 1.15 bits per heavy atom. The number of fused-ring (bicyclic) bond motifs is 1. The first-order valence-electron chi connectivity index (χ1n) is 9.30. The number of amides is 1. The van der Waals surface area contributed by atoms with Crippen LogP contribution >= 0.6 is 0 Å². The fourth-order valence-corrected chi connectivity index (χ4v) is 4.19. The molecule has 1 saturated heterocycles. The molecule has 0 spiro atoms. The van der Waals surface area contributed by atoms with Gasteiger partial charge in [0.05, 0.1) is 17.1 Å². The lowest BCUT2D eigenvalue weighted by molar-refractivity contribution is -0.0810. The van der Waals surface area contributed by atoms with E-state index < -0.39 is 5.60 Å². The molecule has 5 nitrogen and oxygen atoms in total. The normalized spacial score (nSPS) is 23.1. The van der Waals surface area contributed by atoms with E-state index in [-0.39, 0.29) is 11.9 Å². The monoisotopic (exact) mass is 363 g/mol. The van der Waals surface area contributed by atoms with Gasteiger partial charge in [-0.25, -0.2) is 0 Å². The number of hydrogen-bond acceptors (Lipinski definition) is 3. The van der Waals surface area contributed by atoms with Crippen molar-refractivity contribution in [3.8, 4) is 0 Å². The van der Waals surface area contributed by atoms with Crippen molar-refractivity contribution in [2.75, 3.05) is 27.2 Å². The van der Waals surface area contributed by atoms with Crippen molar-refractivity contribution in [3.05, 3.63) is 71.9 Å². The summed E-state index contributed by atoms with van der Waals surface area (Å²) in [5.41, 5.74) is 1.48. The van der Waals surface area contributed by atoms with Crippen molar-refractivity contribution >= 4 is 16.8 Å². The zero-order valence-corrected chi connectivity index (χ0v) is 15.7. The number of carbonyl (C=O) groups is 1. The van der Waals surface area contributed by atoms with Crippen molar-refractivity contribution in [2.24, 2.45) is 0 Å². The van der Waals surface area contributed by atoms with E-state index >= 15 is 0 Å². The number of rotatable bonds is 3.